The predicted molar refractivity (Wildman–Crippen MR) is 87.4 cm³/mol. The van der Waals surface area contributed by atoms with Crippen molar-refractivity contribution in [2.45, 2.75) is 37.7 Å². The number of pyridine rings is 1. The van der Waals surface area contributed by atoms with Crippen molar-refractivity contribution >= 4 is 5.91 Å². The third-order valence-corrected chi connectivity index (χ3v) is 4.85. The first kappa shape index (κ1) is 15.4. The summed E-state index contributed by atoms with van der Waals surface area (Å²) in [5, 5.41) is 0. The van der Waals surface area contributed by atoms with E-state index >= 15 is 0 Å². The molecular weight excluding hydrogens is 306 g/mol. The molecule has 1 N–H and O–H groups in total. The number of aromatic nitrogens is 2. The van der Waals surface area contributed by atoms with Crippen LogP contribution in [0.1, 0.15) is 28.8 Å². The predicted octanol–water partition coefficient (Wildman–Crippen LogP) is 2.00. The van der Waals surface area contributed by atoms with E-state index in [4.69, 9.17) is 9.47 Å². The lowest BCUT2D eigenvalue weighted by Crippen LogP contribution is -2.46. The zero-order valence-electron chi connectivity index (χ0n) is 13.4. The van der Waals surface area contributed by atoms with E-state index in [9.17, 15) is 4.79 Å². The molecule has 1 saturated carbocycles. The van der Waals surface area contributed by atoms with Crippen molar-refractivity contribution in [1.82, 2.24) is 14.9 Å². The van der Waals surface area contributed by atoms with E-state index in [2.05, 4.69) is 9.97 Å². The van der Waals surface area contributed by atoms with E-state index in [1.807, 2.05) is 23.1 Å². The SMILES string of the molecule is O=C(c1cc[nH]c1)N1CCO[C@H]2CC[C@H]1[C@@H]2OCc1ccncc1. The number of hydrogen-bond donors (Lipinski definition) is 1. The molecule has 6 heteroatoms. The first-order valence-corrected chi connectivity index (χ1v) is 8.39. The Morgan fingerprint density at radius 3 is 3.00 bits per heavy atom. The lowest BCUT2D eigenvalue weighted by atomic mass is 10.1. The van der Waals surface area contributed by atoms with Crippen molar-refractivity contribution in [3.05, 3.63) is 54.1 Å². The summed E-state index contributed by atoms with van der Waals surface area (Å²) in [6.45, 7) is 1.68. The second kappa shape index (κ2) is 6.75. The van der Waals surface area contributed by atoms with Crippen LogP contribution >= 0.6 is 0 Å². The number of carbonyl (C=O) groups excluding carboxylic acids is 1. The van der Waals surface area contributed by atoms with Crippen LogP contribution in [0.25, 0.3) is 0 Å². The molecule has 2 aromatic rings. The highest BCUT2D eigenvalue weighted by Crippen LogP contribution is 2.33. The Morgan fingerprint density at radius 1 is 1.33 bits per heavy atom. The van der Waals surface area contributed by atoms with Gasteiger partial charge in [0.15, 0.2) is 0 Å². The van der Waals surface area contributed by atoms with E-state index in [0.29, 0.717) is 25.3 Å². The van der Waals surface area contributed by atoms with Gasteiger partial charge in [-0.1, -0.05) is 0 Å². The number of hydrogen-bond acceptors (Lipinski definition) is 4. The zero-order chi connectivity index (χ0) is 16.4. The van der Waals surface area contributed by atoms with Crippen molar-refractivity contribution < 1.29 is 14.3 Å². The van der Waals surface area contributed by atoms with E-state index in [-0.39, 0.29) is 24.2 Å². The van der Waals surface area contributed by atoms with E-state index in [0.717, 1.165) is 18.4 Å². The molecule has 3 heterocycles. The Bertz CT molecular complexity index is 674. The Labute approximate surface area is 140 Å². The fraction of sp³-hybridized carbons (Fsp3) is 0.444. The molecule has 126 valence electrons. The second-order valence-corrected chi connectivity index (χ2v) is 6.28. The summed E-state index contributed by atoms with van der Waals surface area (Å²) in [7, 11) is 0. The van der Waals surface area contributed by atoms with Gasteiger partial charge in [0, 0.05) is 31.3 Å². The maximum Gasteiger partial charge on any atom is 0.255 e. The van der Waals surface area contributed by atoms with Crippen LogP contribution in [0.5, 0.6) is 0 Å². The molecule has 1 aliphatic carbocycles. The molecule has 1 aliphatic heterocycles. The highest BCUT2D eigenvalue weighted by atomic mass is 16.5. The Balaban J connectivity index is 1.50. The number of rotatable bonds is 4. The minimum atomic E-state index is -0.0800. The molecule has 1 saturated heterocycles. The summed E-state index contributed by atoms with van der Waals surface area (Å²) in [5.74, 6) is 0.0462. The summed E-state index contributed by atoms with van der Waals surface area (Å²) < 4.78 is 12.1. The van der Waals surface area contributed by atoms with Gasteiger partial charge in [-0.2, -0.15) is 0 Å². The number of amides is 1. The third kappa shape index (κ3) is 2.95. The molecule has 6 nitrogen and oxygen atoms in total. The van der Waals surface area contributed by atoms with Gasteiger partial charge >= 0.3 is 0 Å². The van der Waals surface area contributed by atoms with Crippen LogP contribution in [0.15, 0.2) is 43.0 Å². The summed E-state index contributed by atoms with van der Waals surface area (Å²) in [6, 6.07) is 5.78. The van der Waals surface area contributed by atoms with Crippen LogP contribution in [-0.4, -0.2) is 52.2 Å². The van der Waals surface area contributed by atoms with Gasteiger partial charge in [0.2, 0.25) is 0 Å². The molecule has 0 unspecified atom stereocenters. The highest BCUT2D eigenvalue weighted by Gasteiger charge is 2.44. The number of aromatic amines is 1. The molecule has 2 aromatic heterocycles. The van der Waals surface area contributed by atoms with Gasteiger partial charge < -0.3 is 19.4 Å². The summed E-state index contributed by atoms with van der Waals surface area (Å²) >= 11 is 0. The number of ether oxygens (including phenoxy) is 2. The van der Waals surface area contributed by atoms with Gasteiger partial charge in [-0.25, -0.2) is 0 Å². The molecule has 2 bridgehead atoms. The molecule has 2 aliphatic rings. The minimum absolute atomic E-state index is 0.0462. The van der Waals surface area contributed by atoms with Gasteiger partial charge in [0.05, 0.1) is 30.9 Å². The van der Waals surface area contributed by atoms with E-state index in [1.165, 1.54) is 0 Å². The summed E-state index contributed by atoms with van der Waals surface area (Å²) in [5.41, 5.74) is 1.77. The van der Waals surface area contributed by atoms with E-state index < -0.39 is 0 Å². The van der Waals surface area contributed by atoms with Crippen molar-refractivity contribution in [1.29, 1.82) is 0 Å². The Kier molecular flexibility index (Phi) is 4.32. The average molecular weight is 327 g/mol. The Hall–Kier alpha value is -2.18. The molecule has 2 fully saturated rings. The molecule has 4 rings (SSSR count). The van der Waals surface area contributed by atoms with Gasteiger partial charge in [0.25, 0.3) is 5.91 Å². The topological polar surface area (TPSA) is 67.5 Å². The number of H-pyrrole nitrogens is 1. The highest BCUT2D eigenvalue weighted by molar-refractivity contribution is 5.94. The lowest BCUT2D eigenvalue weighted by Gasteiger charge is -2.31. The quantitative estimate of drug-likeness (QED) is 0.933. The molecule has 1 amide bonds. The number of nitrogens with one attached hydrogen (secondary N) is 1. The smallest absolute Gasteiger partial charge is 0.255 e. The molecule has 0 radical (unpaired) electrons. The standard InChI is InChI=1S/C18H21N3O3/c22-18(14-5-8-20-11-14)21-9-10-23-16-2-1-15(21)17(16)24-12-13-3-6-19-7-4-13/h3-8,11,15-17,20H,1-2,9-10,12H2/t15-,16-,17-/m0/s1. The van der Waals surface area contributed by atoms with Crippen LogP contribution in [-0.2, 0) is 16.1 Å². The molecule has 24 heavy (non-hydrogen) atoms. The largest absolute Gasteiger partial charge is 0.374 e. The zero-order valence-corrected chi connectivity index (χ0v) is 13.4. The normalized spacial score (nSPS) is 26.3. The van der Waals surface area contributed by atoms with Crippen molar-refractivity contribution in [2.24, 2.45) is 0 Å². The van der Waals surface area contributed by atoms with Gasteiger partial charge in [-0.05, 0) is 36.6 Å². The maximum atomic E-state index is 12.8. The maximum absolute atomic E-state index is 12.8. The van der Waals surface area contributed by atoms with Crippen LogP contribution < -0.4 is 0 Å². The monoisotopic (exact) mass is 327 g/mol. The van der Waals surface area contributed by atoms with Crippen LogP contribution in [0.3, 0.4) is 0 Å². The number of carbonyl (C=O) groups is 1. The van der Waals surface area contributed by atoms with E-state index in [1.54, 1.807) is 24.8 Å². The van der Waals surface area contributed by atoms with Gasteiger partial charge in [-0.15, -0.1) is 0 Å². The molecule has 0 spiro atoms. The van der Waals surface area contributed by atoms with Crippen LogP contribution in [0, 0.1) is 0 Å². The summed E-state index contributed by atoms with van der Waals surface area (Å²) in [6.07, 6.45) is 8.88. The first-order chi connectivity index (χ1) is 11.8. The Morgan fingerprint density at radius 2 is 2.21 bits per heavy atom. The molecule has 3 atom stereocenters. The number of fused-ring (bicyclic) bond motifs is 2. The lowest BCUT2D eigenvalue weighted by molar-refractivity contribution is -0.0597. The third-order valence-electron chi connectivity index (χ3n) is 4.85. The molecule has 0 aromatic carbocycles. The van der Waals surface area contributed by atoms with Crippen LogP contribution in [0.2, 0.25) is 0 Å². The minimum Gasteiger partial charge on any atom is -0.374 e. The number of nitrogens with zero attached hydrogens (tertiary/aromatic N) is 2. The average Bonchev–Trinajstić information content (AvgIpc) is 3.22. The fourth-order valence-corrected chi connectivity index (χ4v) is 3.66. The second-order valence-electron chi connectivity index (χ2n) is 6.28. The van der Waals surface area contributed by atoms with Crippen molar-refractivity contribution in [3.8, 4) is 0 Å². The fourth-order valence-electron chi connectivity index (χ4n) is 3.66. The van der Waals surface area contributed by atoms with Gasteiger partial charge in [-0.3, -0.25) is 9.78 Å². The molecular formula is C18H21N3O3. The first-order valence-electron chi connectivity index (χ1n) is 8.39. The van der Waals surface area contributed by atoms with Crippen LogP contribution in [0.4, 0.5) is 0 Å². The van der Waals surface area contributed by atoms with Crippen molar-refractivity contribution in [3.63, 3.8) is 0 Å². The summed E-state index contributed by atoms with van der Waals surface area (Å²) in [4.78, 5) is 21.7. The van der Waals surface area contributed by atoms with Gasteiger partial charge in [0.1, 0.15) is 6.10 Å². The van der Waals surface area contributed by atoms with Crippen molar-refractivity contribution in [2.75, 3.05) is 13.2 Å².